The number of hydrogen-bond donors (Lipinski definition) is 2. The average molecular weight is 381 g/mol. The van der Waals surface area contributed by atoms with Gasteiger partial charge >= 0.3 is 0 Å². The normalized spacial score (nSPS) is 10.5. The van der Waals surface area contributed by atoms with Gasteiger partial charge in [-0.05, 0) is 55.2 Å². The predicted octanol–water partition coefficient (Wildman–Crippen LogP) is 4.46. The Morgan fingerprint density at radius 3 is 2.44 bits per heavy atom. The van der Waals surface area contributed by atoms with E-state index in [-0.39, 0.29) is 5.91 Å². The van der Waals surface area contributed by atoms with Gasteiger partial charge in [0.1, 0.15) is 5.69 Å². The molecule has 138 valence electrons. The molecular weight excluding hydrogens is 360 g/mol. The maximum absolute atomic E-state index is 12.4. The second kappa shape index (κ2) is 8.64. The van der Waals surface area contributed by atoms with Crippen molar-refractivity contribution in [1.82, 2.24) is 15.3 Å². The highest BCUT2D eigenvalue weighted by atomic mass is 35.5. The Morgan fingerprint density at radius 1 is 1.04 bits per heavy atom. The number of para-hydroxylation sites is 1. The Labute approximate surface area is 163 Å². The minimum Gasteiger partial charge on any atom is -0.350 e. The fraction of sp³-hybridized carbons (Fsp3) is 0.190. The number of rotatable bonds is 6. The van der Waals surface area contributed by atoms with Crippen LogP contribution in [0.4, 0.5) is 11.6 Å². The Kier molecular flexibility index (Phi) is 6.04. The third-order valence-corrected chi connectivity index (χ3v) is 4.47. The second-order valence-electron chi connectivity index (χ2n) is 6.29. The molecular formula is C21H21ClN4O. The molecule has 1 aromatic heterocycles. The third-order valence-electron chi connectivity index (χ3n) is 4.22. The van der Waals surface area contributed by atoms with E-state index in [0.29, 0.717) is 23.2 Å². The number of halogens is 1. The van der Waals surface area contributed by atoms with E-state index >= 15 is 0 Å². The van der Waals surface area contributed by atoms with Gasteiger partial charge in [-0.2, -0.15) is 0 Å². The van der Waals surface area contributed by atoms with Crippen LogP contribution in [0.3, 0.4) is 0 Å². The first kappa shape index (κ1) is 18.9. The molecule has 0 aliphatic heterocycles. The van der Waals surface area contributed by atoms with Crippen molar-refractivity contribution in [3.63, 3.8) is 0 Å². The van der Waals surface area contributed by atoms with Crippen molar-refractivity contribution >= 4 is 29.1 Å². The molecule has 27 heavy (non-hydrogen) atoms. The summed E-state index contributed by atoms with van der Waals surface area (Å²) in [7, 11) is 0. The lowest BCUT2D eigenvalue weighted by atomic mass is 10.1. The van der Waals surface area contributed by atoms with Gasteiger partial charge < -0.3 is 10.6 Å². The Morgan fingerprint density at radius 2 is 1.74 bits per heavy atom. The number of anilines is 2. The van der Waals surface area contributed by atoms with Crippen LogP contribution in [0.5, 0.6) is 0 Å². The molecule has 0 bridgehead atoms. The van der Waals surface area contributed by atoms with Crippen LogP contribution < -0.4 is 10.6 Å². The minimum atomic E-state index is -0.226. The molecule has 0 aliphatic rings. The number of aryl methyl sites for hydroxylation is 2. The largest absolute Gasteiger partial charge is 0.350 e. The Bertz CT molecular complexity index is 921. The second-order valence-corrected chi connectivity index (χ2v) is 6.73. The van der Waals surface area contributed by atoms with Crippen LogP contribution >= 0.6 is 11.6 Å². The van der Waals surface area contributed by atoms with Crippen LogP contribution in [0, 0.1) is 13.8 Å². The van der Waals surface area contributed by atoms with Gasteiger partial charge in [-0.25, -0.2) is 9.97 Å². The van der Waals surface area contributed by atoms with Crippen LogP contribution in [0.15, 0.2) is 54.7 Å². The highest BCUT2D eigenvalue weighted by molar-refractivity contribution is 6.30. The van der Waals surface area contributed by atoms with Crippen molar-refractivity contribution in [1.29, 1.82) is 0 Å². The van der Waals surface area contributed by atoms with Gasteiger partial charge in [-0.1, -0.05) is 41.9 Å². The van der Waals surface area contributed by atoms with Crippen LogP contribution in [-0.2, 0) is 6.42 Å². The molecule has 0 atom stereocenters. The highest BCUT2D eigenvalue weighted by Crippen LogP contribution is 2.22. The van der Waals surface area contributed by atoms with Crippen molar-refractivity contribution in [2.24, 2.45) is 0 Å². The van der Waals surface area contributed by atoms with Gasteiger partial charge in [0.05, 0.1) is 0 Å². The molecule has 0 spiro atoms. The van der Waals surface area contributed by atoms with E-state index in [9.17, 15) is 4.79 Å². The van der Waals surface area contributed by atoms with Crippen molar-refractivity contribution < 1.29 is 4.79 Å². The number of benzene rings is 2. The lowest BCUT2D eigenvalue weighted by molar-refractivity contribution is 0.0949. The van der Waals surface area contributed by atoms with Gasteiger partial charge in [-0.3, -0.25) is 4.79 Å². The fourth-order valence-corrected chi connectivity index (χ4v) is 2.86. The van der Waals surface area contributed by atoms with E-state index in [0.717, 1.165) is 28.8 Å². The summed E-state index contributed by atoms with van der Waals surface area (Å²) >= 11 is 5.88. The number of carbonyl (C=O) groups excluding carboxylic acids is 1. The average Bonchev–Trinajstić information content (AvgIpc) is 2.66. The van der Waals surface area contributed by atoms with Crippen LogP contribution in [-0.4, -0.2) is 22.4 Å². The summed E-state index contributed by atoms with van der Waals surface area (Å²) in [6.45, 7) is 4.55. The number of aromatic nitrogens is 2. The summed E-state index contributed by atoms with van der Waals surface area (Å²) in [6.07, 6.45) is 2.30. The van der Waals surface area contributed by atoms with Gasteiger partial charge in [-0.15, -0.1) is 0 Å². The monoisotopic (exact) mass is 380 g/mol. The molecule has 0 fully saturated rings. The summed E-state index contributed by atoms with van der Waals surface area (Å²) in [4.78, 5) is 20.9. The standard InChI is InChI=1S/C21H21ClN4O/c1-14-4-3-5-15(2)19(14)26-21-24-13-11-18(25-21)20(27)23-12-10-16-6-8-17(22)9-7-16/h3-9,11,13H,10,12H2,1-2H3,(H,23,27)(H,24,25,26). The zero-order chi connectivity index (χ0) is 19.2. The molecule has 1 heterocycles. The molecule has 0 unspecified atom stereocenters. The molecule has 6 heteroatoms. The third kappa shape index (κ3) is 5.05. The predicted molar refractivity (Wildman–Crippen MR) is 109 cm³/mol. The van der Waals surface area contributed by atoms with Crippen molar-refractivity contribution in [2.75, 3.05) is 11.9 Å². The molecule has 3 rings (SSSR count). The first-order valence-electron chi connectivity index (χ1n) is 8.72. The molecule has 0 radical (unpaired) electrons. The first-order chi connectivity index (χ1) is 13.0. The molecule has 1 amide bonds. The van der Waals surface area contributed by atoms with E-state index in [1.807, 2.05) is 56.3 Å². The van der Waals surface area contributed by atoms with Crippen LogP contribution in [0.2, 0.25) is 5.02 Å². The van der Waals surface area contributed by atoms with E-state index < -0.39 is 0 Å². The highest BCUT2D eigenvalue weighted by Gasteiger charge is 2.10. The van der Waals surface area contributed by atoms with E-state index in [1.54, 1.807) is 12.3 Å². The lowest BCUT2D eigenvalue weighted by Gasteiger charge is -2.12. The molecule has 2 N–H and O–H groups in total. The van der Waals surface area contributed by atoms with Crippen LogP contribution in [0.25, 0.3) is 0 Å². The van der Waals surface area contributed by atoms with Crippen molar-refractivity contribution in [2.45, 2.75) is 20.3 Å². The fourth-order valence-electron chi connectivity index (χ4n) is 2.73. The number of hydrogen-bond acceptors (Lipinski definition) is 4. The molecule has 0 saturated heterocycles. The number of nitrogens with zero attached hydrogens (tertiary/aromatic N) is 2. The van der Waals surface area contributed by atoms with E-state index in [2.05, 4.69) is 20.6 Å². The summed E-state index contributed by atoms with van der Waals surface area (Å²) in [5, 5.41) is 6.80. The SMILES string of the molecule is Cc1cccc(C)c1Nc1nccc(C(=O)NCCc2ccc(Cl)cc2)n1. The first-order valence-corrected chi connectivity index (χ1v) is 9.09. The molecule has 0 saturated carbocycles. The maximum atomic E-state index is 12.4. The smallest absolute Gasteiger partial charge is 0.270 e. The van der Waals surface area contributed by atoms with Gasteiger partial charge in [0, 0.05) is 23.5 Å². The van der Waals surface area contributed by atoms with Gasteiger partial charge in [0.25, 0.3) is 5.91 Å². The quantitative estimate of drug-likeness (QED) is 0.662. The van der Waals surface area contributed by atoms with Crippen molar-refractivity contribution in [3.8, 4) is 0 Å². The van der Waals surface area contributed by atoms with Crippen molar-refractivity contribution in [3.05, 3.63) is 82.1 Å². The number of carbonyl (C=O) groups is 1. The summed E-state index contributed by atoms with van der Waals surface area (Å²) in [5.74, 6) is 0.175. The molecule has 0 aliphatic carbocycles. The maximum Gasteiger partial charge on any atom is 0.270 e. The Balaban J connectivity index is 1.62. The van der Waals surface area contributed by atoms with Crippen LogP contribution in [0.1, 0.15) is 27.2 Å². The summed E-state index contributed by atoms with van der Waals surface area (Å²) < 4.78 is 0. The zero-order valence-corrected chi connectivity index (χ0v) is 16.0. The summed E-state index contributed by atoms with van der Waals surface area (Å²) in [6, 6.07) is 15.2. The Hall–Kier alpha value is -2.92. The number of amides is 1. The van der Waals surface area contributed by atoms with E-state index in [4.69, 9.17) is 11.6 Å². The topological polar surface area (TPSA) is 66.9 Å². The lowest BCUT2D eigenvalue weighted by Crippen LogP contribution is -2.26. The molecule has 2 aromatic carbocycles. The minimum absolute atomic E-state index is 0.226. The number of nitrogens with one attached hydrogen (secondary N) is 2. The van der Waals surface area contributed by atoms with Gasteiger partial charge in [0.15, 0.2) is 0 Å². The zero-order valence-electron chi connectivity index (χ0n) is 15.3. The van der Waals surface area contributed by atoms with Gasteiger partial charge in [0.2, 0.25) is 5.95 Å². The van der Waals surface area contributed by atoms with E-state index in [1.165, 1.54) is 0 Å². The summed E-state index contributed by atoms with van der Waals surface area (Å²) in [5.41, 5.74) is 4.58. The molecule has 5 nitrogen and oxygen atoms in total. The molecule has 3 aromatic rings.